The Balaban J connectivity index is 1.40. The highest BCUT2D eigenvalue weighted by atomic mass is 16.2. The number of nitrogens with zero attached hydrogens (tertiary/aromatic N) is 5. The van der Waals surface area contributed by atoms with Crippen molar-refractivity contribution in [2.75, 3.05) is 0 Å². The summed E-state index contributed by atoms with van der Waals surface area (Å²) >= 11 is 0. The average Bonchev–Trinajstić information content (AvgIpc) is 3.21. The van der Waals surface area contributed by atoms with Crippen LogP contribution >= 0.6 is 0 Å². The Kier molecular flexibility index (Phi) is 4.70. The highest BCUT2D eigenvalue weighted by Gasteiger charge is 2.24. The molecule has 1 saturated carbocycles. The van der Waals surface area contributed by atoms with E-state index in [-0.39, 0.29) is 24.1 Å². The predicted octanol–water partition coefficient (Wildman–Crippen LogP) is 1.60. The molecule has 2 aromatic heterocycles. The largest absolute Gasteiger partial charge is 0.352 e. The Morgan fingerprint density at radius 2 is 1.93 bits per heavy atom. The van der Waals surface area contributed by atoms with Gasteiger partial charge >= 0.3 is 0 Å². The zero-order valence-electron chi connectivity index (χ0n) is 15.2. The molecule has 4 rings (SSSR count). The van der Waals surface area contributed by atoms with Crippen molar-refractivity contribution in [1.29, 1.82) is 0 Å². The number of amides is 1. The summed E-state index contributed by atoms with van der Waals surface area (Å²) in [5, 5.41) is 13.0. The van der Waals surface area contributed by atoms with E-state index >= 15 is 0 Å². The molecule has 1 amide bonds. The van der Waals surface area contributed by atoms with Gasteiger partial charge in [-0.3, -0.25) is 9.59 Å². The van der Waals surface area contributed by atoms with Gasteiger partial charge in [-0.05, 0) is 38.7 Å². The number of hydrogen-bond acceptors (Lipinski definition) is 5. The molecule has 0 saturated heterocycles. The van der Waals surface area contributed by atoms with Gasteiger partial charge in [0.1, 0.15) is 19.2 Å². The van der Waals surface area contributed by atoms with Crippen molar-refractivity contribution in [2.45, 2.75) is 51.2 Å². The fraction of sp³-hybridized carbons (Fsp3) is 0.421. The van der Waals surface area contributed by atoms with Crippen LogP contribution in [-0.2, 0) is 11.3 Å². The lowest BCUT2D eigenvalue weighted by Gasteiger charge is -2.29. The summed E-state index contributed by atoms with van der Waals surface area (Å²) in [6, 6.07) is 7.80. The molecule has 8 heteroatoms. The maximum Gasteiger partial charge on any atom is 0.275 e. The molecule has 8 nitrogen and oxygen atoms in total. The maximum atomic E-state index is 12.6. The molecule has 0 aliphatic heterocycles. The number of carbonyl (C=O) groups excluding carboxylic acids is 1. The number of benzene rings is 1. The minimum atomic E-state index is -0.235. The second kappa shape index (κ2) is 7.30. The third-order valence-corrected chi connectivity index (χ3v) is 5.22. The van der Waals surface area contributed by atoms with Crippen LogP contribution in [0.3, 0.4) is 0 Å². The van der Waals surface area contributed by atoms with Crippen LogP contribution in [0.2, 0.25) is 0 Å². The molecule has 3 aromatic rings. The second-order valence-electron chi connectivity index (χ2n) is 7.04. The van der Waals surface area contributed by atoms with Crippen LogP contribution in [0.5, 0.6) is 0 Å². The van der Waals surface area contributed by atoms with Crippen molar-refractivity contribution in [3.8, 4) is 0 Å². The normalized spacial score (nSPS) is 19.9. The lowest BCUT2D eigenvalue weighted by atomic mass is 9.91. The van der Waals surface area contributed by atoms with Crippen molar-refractivity contribution in [2.24, 2.45) is 0 Å². The maximum absolute atomic E-state index is 12.6. The van der Waals surface area contributed by atoms with Crippen LogP contribution in [0, 0.1) is 6.92 Å². The number of hydrogen-bond donors (Lipinski definition) is 1. The Hall–Kier alpha value is -3.03. The van der Waals surface area contributed by atoms with Gasteiger partial charge in [-0.2, -0.15) is 10.2 Å². The van der Waals surface area contributed by atoms with Gasteiger partial charge in [0.25, 0.3) is 5.56 Å². The van der Waals surface area contributed by atoms with E-state index in [0.717, 1.165) is 36.8 Å². The van der Waals surface area contributed by atoms with Gasteiger partial charge in [0, 0.05) is 11.4 Å². The van der Waals surface area contributed by atoms with Crippen LogP contribution in [0.15, 0.2) is 41.7 Å². The molecule has 140 valence electrons. The second-order valence-corrected chi connectivity index (χ2v) is 7.04. The van der Waals surface area contributed by atoms with Crippen molar-refractivity contribution in [3.05, 3.63) is 53.0 Å². The minimum absolute atomic E-state index is 0.0620. The summed E-state index contributed by atoms with van der Waals surface area (Å²) in [6.07, 6.45) is 6.95. The number of nitrogens with one attached hydrogen (secondary N) is 1. The number of carbonyl (C=O) groups is 1. The molecule has 0 spiro atoms. The summed E-state index contributed by atoms with van der Waals surface area (Å²) in [6.45, 7) is 1.79. The lowest BCUT2D eigenvalue weighted by Crippen LogP contribution is -2.41. The van der Waals surface area contributed by atoms with Crippen molar-refractivity contribution in [3.63, 3.8) is 0 Å². The van der Waals surface area contributed by atoms with Crippen LogP contribution < -0.4 is 10.9 Å². The first-order valence-corrected chi connectivity index (χ1v) is 9.22. The first-order chi connectivity index (χ1) is 13.1. The van der Waals surface area contributed by atoms with Crippen LogP contribution in [0.4, 0.5) is 0 Å². The zero-order valence-corrected chi connectivity index (χ0v) is 15.2. The van der Waals surface area contributed by atoms with Gasteiger partial charge in [0.15, 0.2) is 0 Å². The number of aromatic nitrogens is 5. The van der Waals surface area contributed by atoms with E-state index in [1.165, 1.54) is 4.68 Å². The van der Waals surface area contributed by atoms with Crippen molar-refractivity contribution < 1.29 is 4.79 Å². The molecule has 2 heterocycles. The van der Waals surface area contributed by atoms with Gasteiger partial charge in [0.05, 0.1) is 17.1 Å². The van der Waals surface area contributed by atoms with Crippen molar-refractivity contribution >= 4 is 16.7 Å². The van der Waals surface area contributed by atoms with E-state index in [9.17, 15) is 9.59 Å². The van der Waals surface area contributed by atoms with E-state index in [0.29, 0.717) is 11.4 Å². The highest BCUT2D eigenvalue weighted by molar-refractivity contribution is 5.83. The van der Waals surface area contributed by atoms with Gasteiger partial charge in [-0.15, -0.1) is 0 Å². The summed E-state index contributed by atoms with van der Waals surface area (Å²) in [4.78, 5) is 29.0. The zero-order chi connectivity index (χ0) is 18.8. The SMILES string of the molecule is Cc1nn(CC(=O)NC2CCC(n3cncn3)CC2)c(=O)c2ccccc12. The molecule has 1 N–H and O–H groups in total. The predicted molar refractivity (Wildman–Crippen MR) is 100 cm³/mol. The molecule has 1 aliphatic carbocycles. The van der Waals surface area contributed by atoms with E-state index in [2.05, 4.69) is 20.5 Å². The monoisotopic (exact) mass is 366 g/mol. The van der Waals surface area contributed by atoms with E-state index in [1.807, 2.05) is 29.8 Å². The average molecular weight is 366 g/mol. The van der Waals surface area contributed by atoms with Crippen molar-refractivity contribution in [1.82, 2.24) is 29.9 Å². The van der Waals surface area contributed by atoms with Gasteiger partial charge in [-0.25, -0.2) is 14.3 Å². The van der Waals surface area contributed by atoms with E-state index < -0.39 is 0 Å². The first-order valence-electron chi connectivity index (χ1n) is 9.22. The number of fused-ring (bicyclic) bond motifs is 1. The Labute approximate surface area is 156 Å². The minimum Gasteiger partial charge on any atom is -0.352 e. The Bertz CT molecular complexity index is 1000. The highest BCUT2D eigenvalue weighted by Crippen LogP contribution is 2.27. The Morgan fingerprint density at radius 3 is 2.63 bits per heavy atom. The molecule has 0 bridgehead atoms. The standard InChI is InChI=1S/C19H22N6O2/c1-13-16-4-2-3-5-17(16)19(27)24(23-13)10-18(26)22-14-6-8-15(9-7-14)25-12-20-11-21-25/h2-5,11-12,14-15H,6-10H2,1H3,(H,22,26). The molecular weight excluding hydrogens is 344 g/mol. The molecule has 27 heavy (non-hydrogen) atoms. The van der Waals surface area contributed by atoms with Crippen LogP contribution in [0.25, 0.3) is 10.8 Å². The summed E-state index contributed by atoms with van der Waals surface area (Å²) in [5.74, 6) is -0.177. The van der Waals surface area contributed by atoms with E-state index in [4.69, 9.17) is 0 Å². The quantitative estimate of drug-likeness (QED) is 0.757. The lowest BCUT2D eigenvalue weighted by molar-refractivity contribution is -0.122. The van der Waals surface area contributed by atoms with Gasteiger partial charge < -0.3 is 5.32 Å². The molecule has 1 aromatic carbocycles. The molecular formula is C19H22N6O2. The van der Waals surface area contributed by atoms with Crippen LogP contribution in [-0.4, -0.2) is 36.5 Å². The summed E-state index contributed by atoms with van der Waals surface area (Å²) in [5.41, 5.74) is 0.507. The molecule has 0 atom stereocenters. The molecule has 0 unspecified atom stereocenters. The van der Waals surface area contributed by atoms with Crippen LogP contribution in [0.1, 0.15) is 37.4 Å². The summed E-state index contributed by atoms with van der Waals surface area (Å²) in [7, 11) is 0. The number of aryl methyl sites for hydroxylation is 1. The van der Waals surface area contributed by atoms with E-state index in [1.54, 1.807) is 18.7 Å². The Morgan fingerprint density at radius 1 is 1.19 bits per heavy atom. The fourth-order valence-corrected chi connectivity index (χ4v) is 3.81. The topological polar surface area (TPSA) is 94.7 Å². The molecule has 1 aliphatic rings. The fourth-order valence-electron chi connectivity index (χ4n) is 3.81. The molecule has 1 fully saturated rings. The third kappa shape index (κ3) is 3.60. The number of rotatable bonds is 4. The van der Waals surface area contributed by atoms with Gasteiger partial charge in [0.2, 0.25) is 5.91 Å². The summed E-state index contributed by atoms with van der Waals surface area (Å²) < 4.78 is 3.15. The molecule has 0 radical (unpaired) electrons. The smallest absolute Gasteiger partial charge is 0.275 e. The van der Waals surface area contributed by atoms with Gasteiger partial charge in [-0.1, -0.05) is 18.2 Å². The third-order valence-electron chi connectivity index (χ3n) is 5.22. The first kappa shape index (κ1) is 17.4.